The van der Waals surface area contributed by atoms with Crippen LogP contribution in [0.4, 0.5) is 11.4 Å². The third kappa shape index (κ3) is 2.45. The van der Waals surface area contributed by atoms with Crippen LogP contribution in [0.25, 0.3) is 0 Å². The first-order valence-corrected chi connectivity index (χ1v) is 4.16. The van der Waals surface area contributed by atoms with Crippen LogP contribution in [0, 0.1) is 0 Å². The highest BCUT2D eigenvalue weighted by molar-refractivity contribution is 5.94. The Labute approximate surface area is 81.7 Å². The quantitative estimate of drug-likeness (QED) is 0.495. The molecular weight excluding hydrogens is 182 g/mol. The summed E-state index contributed by atoms with van der Waals surface area (Å²) in [5.41, 5.74) is 12.9. The van der Waals surface area contributed by atoms with Gasteiger partial charge in [0.05, 0.1) is 11.4 Å². The fourth-order valence-corrected chi connectivity index (χ4v) is 1.04. The van der Waals surface area contributed by atoms with Crippen molar-refractivity contribution in [2.45, 2.75) is 6.54 Å². The van der Waals surface area contributed by atoms with Crippen molar-refractivity contribution in [3.05, 3.63) is 23.8 Å². The molecule has 0 bridgehead atoms. The fourth-order valence-electron chi connectivity index (χ4n) is 1.04. The second kappa shape index (κ2) is 4.59. The van der Waals surface area contributed by atoms with Crippen molar-refractivity contribution in [3.63, 3.8) is 0 Å². The van der Waals surface area contributed by atoms with Crippen molar-refractivity contribution >= 4 is 17.3 Å². The summed E-state index contributed by atoms with van der Waals surface area (Å²) in [6.45, 7) is -0.156. The first-order valence-electron chi connectivity index (χ1n) is 4.16. The highest BCUT2D eigenvalue weighted by atomic mass is 16.3. The van der Waals surface area contributed by atoms with Gasteiger partial charge in [0.2, 0.25) is 5.91 Å². The minimum atomic E-state index is -0.557. The van der Waals surface area contributed by atoms with Crippen LogP contribution in [-0.4, -0.2) is 17.6 Å². The Morgan fingerprint density at radius 3 is 2.71 bits per heavy atom. The predicted molar refractivity (Wildman–Crippen MR) is 54.5 cm³/mol. The van der Waals surface area contributed by atoms with E-state index in [0.29, 0.717) is 17.9 Å². The lowest BCUT2D eigenvalue weighted by molar-refractivity contribution is -0.118. The van der Waals surface area contributed by atoms with E-state index in [-0.39, 0.29) is 0 Å². The third-order valence-electron chi connectivity index (χ3n) is 1.77. The van der Waals surface area contributed by atoms with Crippen LogP contribution in [-0.2, 0) is 11.3 Å². The first kappa shape index (κ1) is 10.5. The number of amides is 1. The molecule has 0 radical (unpaired) electrons. The molecule has 0 aliphatic carbocycles. The van der Waals surface area contributed by atoms with E-state index >= 15 is 0 Å². The molecule has 1 rings (SSSR count). The summed E-state index contributed by atoms with van der Waals surface area (Å²) in [7, 11) is 0. The summed E-state index contributed by atoms with van der Waals surface area (Å²) in [4.78, 5) is 10.8. The van der Waals surface area contributed by atoms with Gasteiger partial charge in [0.1, 0.15) is 6.61 Å². The number of nitrogens with one attached hydrogen (secondary N) is 1. The highest BCUT2D eigenvalue weighted by Gasteiger charge is 2.03. The Morgan fingerprint density at radius 2 is 2.21 bits per heavy atom. The van der Waals surface area contributed by atoms with E-state index in [2.05, 4.69) is 5.32 Å². The van der Waals surface area contributed by atoms with E-state index in [4.69, 9.17) is 16.6 Å². The van der Waals surface area contributed by atoms with Crippen molar-refractivity contribution in [1.82, 2.24) is 0 Å². The summed E-state index contributed by atoms with van der Waals surface area (Å²) < 4.78 is 0. The summed E-state index contributed by atoms with van der Waals surface area (Å²) in [5.74, 6) is -0.489. The van der Waals surface area contributed by atoms with Gasteiger partial charge in [-0.3, -0.25) is 4.79 Å². The minimum Gasteiger partial charge on any atom is -0.397 e. The summed E-state index contributed by atoms with van der Waals surface area (Å²) in [6.07, 6.45) is 0. The normalized spacial score (nSPS) is 9.86. The van der Waals surface area contributed by atoms with Gasteiger partial charge < -0.3 is 21.9 Å². The molecule has 0 unspecified atom stereocenters. The van der Waals surface area contributed by atoms with Gasteiger partial charge in [0.15, 0.2) is 0 Å². The van der Waals surface area contributed by atoms with E-state index in [1.807, 2.05) is 0 Å². The van der Waals surface area contributed by atoms with Gasteiger partial charge in [0.25, 0.3) is 0 Å². The second-order valence-corrected chi connectivity index (χ2v) is 2.83. The van der Waals surface area contributed by atoms with E-state index < -0.39 is 12.5 Å². The molecule has 1 aromatic rings. The number of aliphatic hydroxyl groups is 1. The van der Waals surface area contributed by atoms with Crippen LogP contribution in [0.2, 0.25) is 0 Å². The average Bonchev–Trinajstić information content (AvgIpc) is 2.20. The molecule has 0 saturated carbocycles. The summed E-state index contributed by atoms with van der Waals surface area (Å²) in [6, 6.07) is 5.11. The standard InChI is InChI=1S/C9H13N3O2/c10-4-6-1-2-8(7(11)3-6)12-9(14)5-13/h1-3,13H,4-5,10-11H2,(H,12,14). The molecule has 5 heteroatoms. The van der Waals surface area contributed by atoms with Crippen LogP contribution in [0.15, 0.2) is 18.2 Å². The molecule has 0 spiro atoms. The van der Waals surface area contributed by atoms with Crippen molar-refractivity contribution in [2.75, 3.05) is 17.7 Å². The number of benzene rings is 1. The van der Waals surface area contributed by atoms with Gasteiger partial charge in [-0.15, -0.1) is 0 Å². The Balaban J connectivity index is 2.83. The summed E-state index contributed by atoms with van der Waals surface area (Å²) >= 11 is 0. The molecule has 14 heavy (non-hydrogen) atoms. The molecular formula is C9H13N3O2. The third-order valence-corrected chi connectivity index (χ3v) is 1.77. The number of nitrogen functional groups attached to an aromatic ring is 1. The van der Waals surface area contributed by atoms with Crippen molar-refractivity contribution < 1.29 is 9.90 Å². The molecule has 6 N–H and O–H groups in total. The van der Waals surface area contributed by atoms with Gasteiger partial charge in [0, 0.05) is 6.54 Å². The lowest BCUT2D eigenvalue weighted by atomic mass is 10.2. The Morgan fingerprint density at radius 1 is 1.50 bits per heavy atom. The highest BCUT2D eigenvalue weighted by Crippen LogP contribution is 2.19. The molecule has 0 saturated heterocycles. The van der Waals surface area contributed by atoms with Gasteiger partial charge in [-0.2, -0.15) is 0 Å². The molecule has 1 aromatic carbocycles. The zero-order valence-electron chi connectivity index (χ0n) is 7.66. The molecule has 0 fully saturated rings. The van der Waals surface area contributed by atoms with Gasteiger partial charge in [-0.05, 0) is 17.7 Å². The van der Waals surface area contributed by atoms with Crippen molar-refractivity contribution in [2.24, 2.45) is 5.73 Å². The Bertz CT molecular complexity index is 339. The molecule has 0 atom stereocenters. The number of hydrogen-bond acceptors (Lipinski definition) is 4. The SMILES string of the molecule is NCc1ccc(NC(=O)CO)c(N)c1. The number of aliphatic hydroxyl groups excluding tert-OH is 1. The van der Waals surface area contributed by atoms with E-state index in [0.717, 1.165) is 5.56 Å². The first-order chi connectivity index (χ1) is 6.67. The molecule has 1 amide bonds. The zero-order chi connectivity index (χ0) is 10.6. The number of carbonyl (C=O) groups is 1. The maximum Gasteiger partial charge on any atom is 0.250 e. The molecule has 0 aromatic heterocycles. The number of carbonyl (C=O) groups excluding carboxylic acids is 1. The fraction of sp³-hybridized carbons (Fsp3) is 0.222. The van der Waals surface area contributed by atoms with Crippen LogP contribution < -0.4 is 16.8 Å². The molecule has 0 heterocycles. The average molecular weight is 195 g/mol. The second-order valence-electron chi connectivity index (χ2n) is 2.83. The van der Waals surface area contributed by atoms with E-state index in [1.165, 1.54) is 0 Å². The molecule has 76 valence electrons. The topological polar surface area (TPSA) is 101 Å². The van der Waals surface area contributed by atoms with Crippen molar-refractivity contribution in [1.29, 1.82) is 0 Å². The molecule has 5 nitrogen and oxygen atoms in total. The smallest absolute Gasteiger partial charge is 0.250 e. The lowest BCUT2D eigenvalue weighted by Gasteiger charge is -2.07. The predicted octanol–water partition coefficient (Wildman–Crippen LogP) is -0.342. The maximum atomic E-state index is 10.8. The summed E-state index contributed by atoms with van der Waals surface area (Å²) in [5, 5.41) is 11.0. The van der Waals surface area contributed by atoms with Crippen LogP contribution in [0.5, 0.6) is 0 Å². The zero-order valence-corrected chi connectivity index (χ0v) is 7.66. The number of anilines is 2. The van der Waals surface area contributed by atoms with Crippen molar-refractivity contribution in [3.8, 4) is 0 Å². The van der Waals surface area contributed by atoms with Crippen LogP contribution in [0.1, 0.15) is 5.56 Å². The number of nitrogens with two attached hydrogens (primary N) is 2. The van der Waals surface area contributed by atoms with Gasteiger partial charge >= 0.3 is 0 Å². The molecule has 0 aliphatic heterocycles. The van der Waals surface area contributed by atoms with E-state index in [9.17, 15) is 4.79 Å². The minimum absolute atomic E-state index is 0.401. The number of rotatable bonds is 3. The van der Waals surface area contributed by atoms with Crippen LogP contribution >= 0.6 is 0 Å². The van der Waals surface area contributed by atoms with Crippen LogP contribution in [0.3, 0.4) is 0 Å². The molecule has 0 aliphatic rings. The largest absolute Gasteiger partial charge is 0.397 e. The maximum absolute atomic E-state index is 10.8. The number of hydrogen-bond donors (Lipinski definition) is 4. The van der Waals surface area contributed by atoms with Gasteiger partial charge in [-0.1, -0.05) is 6.07 Å². The Kier molecular flexibility index (Phi) is 3.44. The monoisotopic (exact) mass is 195 g/mol. The lowest BCUT2D eigenvalue weighted by Crippen LogP contribution is -2.16. The van der Waals surface area contributed by atoms with E-state index in [1.54, 1.807) is 18.2 Å². The van der Waals surface area contributed by atoms with Gasteiger partial charge in [-0.25, -0.2) is 0 Å². The Hall–Kier alpha value is -1.59.